The summed E-state index contributed by atoms with van der Waals surface area (Å²) >= 11 is 0. The maximum Gasteiger partial charge on any atom is 0.0348 e. The number of hydrogen-bond donors (Lipinski definition) is 0. The highest BCUT2D eigenvalue weighted by Crippen LogP contribution is 2.11. The lowest BCUT2D eigenvalue weighted by Crippen LogP contribution is -2.03. The van der Waals surface area contributed by atoms with Crippen molar-refractivity contribution in [2.75, 3.05) is 0 Å². The smallest absolute Gasteiger partial charge is 0.0348 e. The van der Waals surface area contributed by atoms with Gasteiger partial charge in [0.2, 0.25) is 0 Å². The molecule has 58 valence electrons. The first-order valence-electron chi connectivity index (χ1n) is 3.74. The number of nitrogens with zero attached hydrogens (tertiary/aromatic N) is 3. The molecule has 0 saturated heterocycles. The van der Waals surface area contributed by atoms with E-state index >= 15 is 0 Å². The second-order valence-electron chi connectivity index (χ2n) is 2.80. The van der Waals surface area contributed by atoms with Gasteiger partial charge in [0.25, 0.3) is 0 Å². The van der Waals surface area contributed by atoms with Gasteiger partial charge in [-0.3, -0.25) is 0 Å². The third-order valence-electron chi connectivity index (χ3n) is 1.69. The molecular formula is C7H15N3. The summed E-state index contributed by atoms with van der Waals surface area (Å²) in [5.41, 5.74) is 8.08. The topological polar surface area (TPSA) is 48.8 Å². The predicted octanol–water partition coefficient (Wildman–Crippen LogP) is 3.12. The molecule has 0 aromatic heterocycles. The Hall–Kier alpha value is -0.690. The van der Waals surface area contributed by atoms with E-state index in [1.54, 1.807) is 0 Å². The van der Waals surface area contributed by atoms with Crippen LogP contribution < -0.4 is 0 Å². The molecule has 0 fully saturated rings. The van der Waals surface area contributed by atoms with Crippen molar-refractivity contribution in [3.05, 3.63) is 10.4 Å². The number of azide groups is 1. The second-order valence-corrected chi connectivity index (χ2v) is 2.80. The number of rotatable bonds is 4. The van der Waals surface area contributed by atoms with Gasteiger partial charge >= 0.3 is 0 Å². The van der Waals surface area contributed by atoms with Gasteiger partial charge in [-0.2, -0.15) is 0 Å². The van der Waals surface area contributed by atoms with E-state index in [9.17, 15) is 0 Å². The van der Waals surface area contributed by atoms with Gasteiger partial charge < -0.3 is 0 Å². The van der Waals surface area contributed by atoms with Crippen LogP contribution in [-0.4, -0.2) is 6.04 Å². The Morgan fingerprint density at radius 1 is 1.50 bits per heavy atom. The van der Waals surface area contributed by atoms with Crippen LogP contribution in [0.4, 0.5) is 0 Å². The van der Waals surface area contributed by atoms with Crippen LogP contribution in [0.1, 0.15) is 33.6 Å². The normalized spacial score (nSPS) is 15.5. The summed E-state index contributed by atoms with van der Waals surface area (Å²) in [5.74, 6) is 0.667. The lowest BCUT2D eigenvalue weighted by molar-refractivity contribution is 0.468. The Labute approximate surface area is 62.1 Å². The highest BCUT2D eigenvalue weighted by atomic mass is 15.1. The minimum absolute atomic E-state index is 0.153. The van der Waals surface area contributed by atoms with Crippen LogP contribution in [-0.2, 0) is 0 Å². The molecule has 0 saturated carbocycles. The Morgan fingerprint density at radius 2 is 2.10 bits per heavy atom. The molecule has 0 bridgehead atoms. The molecule has 0 spiro atoms. The molecule has 0 aliphatic carbocycles. The van der Waals surface area contributed by atoms with E-state index in [0.29, 0.717) is 5.92 Å². The van der Waals surface area contributed by atoms with Crippen molar-refractivity contribution in [3.63, 3.8) is 0 Å². The Bertz CT molecular complexity index is 127. The molecule has 10 heavy (non-hydrogen) atoms. The van der Waals surface area contributed by atoms with E-state index in [1.165, 1.54) is 0 Å². The van der Waals surface area contributed by atoms with Gasteiger partial charge in [-0.25, -0.2) is 0 Å². The van der Waals surface area contributed by atoms with Gasteiger partial charge in [0.1, 0.15) is 0 Å². The molecule has 2 unspecified atom stereocenters. The van der Waals surface area contributed by atoms with Crippen molar-refractivity contribution in [2.24, 2.45) is 11.0 Å². The van der Waals surface area contributed by atoms with Gasteiger partial charge in [-0.15, -0.1) is 0 Å². The molecule has 0 aliphatic heterocycles. The van der Waals surface area contributed by atoms with E-state index in [1.807, 2.05) is 6.92 Å². The largest absolute Gasteiger partial charge is 0.0909 e. The molecule has 0 amide bonds. The number of hydrogen-bond acceptors (Lipinski definition) is 1. The van der Waals surface area contributed by atoms with Crippen molar-refractivity contribution in [2.45, 2.75) is 39.7 Å². The van der Waals surface area contributed by atoms with Crippen molar-refractivity contribution in [3.8, 4) is 0 Å². The van der Waals surface area contributed by atoms with Crippen LogP contribution in [0, 0.1) is 5.92 Å². The summed E-state index contributed by atoms with van der Waals surface area (Å²) in [7, 11) is 0. The molecule has 0 aliphatic rings. The first kappa shape index (κ1) is 9.31. The van der Waals surface area contributed by atoms with Crippen molar-refractivity contribution in [1.82, 2.24) is 0 Å². The molecule has 0 radical (unpaired) electrons. The highest BCUT2D eigenvalue weighted by Gasteiger charge is 2.03. The first-order valence-corrected chi connectivity index (χ1v) is 3.74. The summed E-state index contributed by atoms with van der Waals surface area (Å²) in [5, 5.41) is 3.59. The average Bonchev–Trinajstić information content (AvgIpc) is 1.88. The molecule has 2 atom stereocenters. The quantitative estimate of drug-likeness (QED) is 0.328. The van der Waals surface area contributed by atoms with Gasteiger partial charge in [-0.05, 0) is 17.9 Å². The SMILES string of the molecule is CCC(C)CC(C)N=[N+]=[N-]. The van der Waals surface area contributed by atoms with E-state index in [0.717, 1.165) is 12.8 Å². The fourth-order valence-corrected chi connectivity index (χ4v) is 0.884. The van der Waals surface area contributed by atoms with Gasteiger partial charge in [0, 0.05) is 11.0 Å². The fraction of sp³-hybridized carbons (Fsp3) is 1.00. The van der Waals surface area contributed by atoms with Crippen LogP contribution >= 0.6 is 0 Å². The van der Waals surface area contributed by atoms with Gasteiger partial charge in [0.15, 0.2) is 0 Å². The van der Waals surface area contributed by atoms with Crippen molar-refractivity contribution < 1.29 is 0 Å². The standard InChI is InChI=1S/C7H15N3/c1-4-6(2)5-7(3)9-10-8/h6-7H,4-5H2,1-3H3. The minimum atomic E-state index is 0.153. The Morgan fingerprint density at radius 3 is 2.50 bits per heavy atom. The second kappa shape index (κ2) is 5.12. The fourth-order valence-electron chi connectivity index (χ4n) is 0.884. The zero-order valence-electron chi connectivity index (χ0n) is 6.91. The lowest BCUT2D eigenvalue weighted by atomic mass is 10.0. The van der Waals surface area contributed by atoms with E-state index in [4.69, 9.17) is 5.53 Å². The summed E-state index contributed by atoms with van der Waals surface area (Å²) in [6, 6.07) is 0.153. The average molecular weight is 141 g/mol. The first-order chi connectivity index (χ1) is 4.70. The maximum absolute atomic E-state index is 8.08. The van der Waals surface area contributed by atoms with E-state index in [2.05, 4.69) is 23.9 Å². The molecule has 0 rings (SSSR count). The molecule has 3 heteroatoms. The Kier molecular flexibility index (Phi) is 4.77. The maximum atomic E-state index is 8.08. The van der Waals surface area contributed by atoms with E-state index < -0.39 is 0 Å². The monoisotopic (exact) mass is 141 g/mol. The summed E-state index contributed by atoms with van der Waals surface area (Å²) in [6.07, 6.45) is 2.16. The molecular weight excluding hydrogens is 126 g/mol. The lowest BCUT2D eigenvalue weighted by Gasteiger charge is -2.09. The third-order valence-corrected chi connectivity index (χ3v) is 1.69. The molecule has 0 heterocycles. The van der Waals surface area contributed by atoms with Gasteiger partial charge in [-0.1, -0.05) is 32.3 Å². The zero-order valence-corrected chi connectivity index (χ0v) is 6.91. The van der Waals surface area contributed by atoms with Crippen molar-refractivity contribution >= 4 is 0 Å². The van der Waals surface area contributed by atoms with Crippen LogP contribution in [0.2, 0.25) is 0 Å². The van der Waals surface area contributed by atoms with Gasteiger partial charge in [0.05, 0.1) is 0 Å². The van der Waals surface area contributed by atoms with Crippen molar-refractivity contribution in [1.29, 1.82) is 0 Å². The van der Waals surface area contributed by atoms with Crippen LogP contribution in [0.3, 0.4) is 0 Å². The summed E-state index contributed by atoms with van der Waals surface area (Å²) in [4.78, 5) is 2.75. The minimum Gasteiger partial charge on any atom is -0.0909 e. The highest BCUT2D eigenvalue weighted by molar-refractivity contribution is 4.63. The summed E-state index contributed by atoms with van der Waals surface area (Å²) < 4.78 is 0. The predicted molar refractivity (Wildman–Crippen MR) is 42.7 cm³/mol. The summed E-state index contributed by atoms with van der Waals surface area (Å²) in [6.45, 7) is 6.27. The Balaban J connectivity index is 3.56. The molecule has 0 aromatic carbocycles. The van der Waals surface area contributed by atoms with Crippen LogP contribution in [0.5, 0.6) is 0 Å². The molecule has 0 N–H and O–H groups in total. The molecule has 3 nitrogen and oxygen atoms in total. The molecule has 0 aromatic rings. The van der Waals surface area contributed by atoms with Crippen LogP contribution in [0.25, 0.3) is 10.4 Å². The third kappa shape index (κ3) is 4.21. The van der Waals surface area contributed by atoms with Crippen LogP contribution in [0.15, 0.2) is 5.11 Å². The van der Waals surface area contributed by atoms with E-state index in [-0.39, 0.29) is 6.04 Å². The zero-order chi connectivity index (χ0) is 7.98.